The molecular weight excluding hydrogens is 407 g/mol. The number of amides is 1. The zero-order valence-corrected chi connectivity index (χ0v) is 16.9. The van der Waals surface area contributed by atoms with Crippen LogP contribution in [0, 0.1) is 12.7 Å². The molecule has 7 nitrogen and oxygen atoms in total. The number of carbonyl (C=O) groups is 1. The minimum atomic E-state index is -4.18. The summed E-state index contributed by atoms with van der Waals surface area (Å²) >= 11 is 0. The van der Waals surface area contributed by atoms with E-state index >= 15 is 0 Å². The number of rotatable bonds is 4. The lowest BCUT2D eigenvalue weighted by Gasteiger charge is -2.34. The fraction of sp³-hybridized carbons (Fsp3) is 0.278. The maximum Gasteiger partial charge on any atom is 0.240 e. The standard InChI is InChI=1S/C18H21FN2O5S2/c1-3-11-15(27(20,23)24)8-14(10(2)18(11)19)12-6-4-5-7-13(12)16-9-17(22)21-28(16,25)26/h4-8,16,25-26H,3,9H2,1-2H3,(H,21,22)(H2,20,23,24). The molecule has 2 aromatic rings. The number of nitrogens with one attached hydrogen (secondary N) is 1. The second-order valence-corrected chi connectivity index (χ2v) is 10.1. The molecule has 5 N–H and O–H groups in total. The predicted molar refractivity (Wildman–Crippen MR) is 106 cm³/mol. The summed E-state index contributed by atoms with van der Waals surface area (Å²) < 4.78 is 61.7. The first kappa shape index (κ1) is 20.7. The largest absolute Gasteiger partial charge is 0.281 e. The van der Waals surface area contributed by atoms with Crippen LogP contribution in [0.5, 0.6) is 0 Å². The molecule has 0 bridgehead atoms. The highest BCUT2D eigenvalue weighted by atomic mass is 32.3. The lowest BCUT2D eigenvalue weighted by Crippen LogP contribution is -2.18. The Morgan fingerprint density at radius 3 is 2.46 bits per heavy atom. The second kappa shape index (κ2) is 7.12. The highest BCUT2D eigenvalue weighted by Crippen LogP contribution is 2.57. The molecule has 3 rings (SSSR count). The average molecular weight is 429 g/mol. The summed E-state index contributed by atoms with van der Waals surface area (Å²) in [5.41, 5.74) is 1.30. The molecule has 2 aromatic carbocycles. The molecule has 1 aliphatic heterocycles. The van der Waals surface area contributed by atoms with Crippen molar-refractivity contribution in [1.82, 2.24) is 4.72 Å². The van der Waals surface area contributed by atoms with Crippen molar-refractivity contribution in [3.05, 3.63) is 52.8 Å². The molecule has 1 aliphatic rings. The highest BCUT2D eigenvalue weighted by molar-refractivity contribution is 8.23. The Kier molecular flexibility index (Phi) is 5.28. The van der Waals surface area contributed by atoms with Gasteiger partial charge >= 0.3 is 0 Å². The fourth-order valence-electron chi connectivity index (χ4n) is 3.52. The molecule has 0 radical (unpaired) electrons. The summed E-state index contributed by atoms with van der Waals surface area (Å²) in [5.74, 6) is -1.18. The fourth-order valence-corrected chi connectivity index (χ4v) is 5.88. The molecule has 1 saturated heterocycles. The van der Waals surface area contributed by atoms with E-state index in [1.807, 2.05) is 0 Å². The topological polar surface area (TPSA) is 130 Å². The van der Waals surface area contributed by atoms with Gasteiger partial charge in [-0.25, -0.2) is 17.9 Å². The van der Waals surface area contributed by atoms with Crippen LogP contribution in [-0.4, -0.2) is 23.4 Å². The van der Waals surface area contributed by atoms with Gasteiger partial charge in [0.25, 0.3) is 0 Å². The van der Waals surface area contributed by atoms with Crippen molar-refractivity contribution in [2.45, 2.75) is 36.8 Å². The minimum Gasteiger partial charge on any atom is -0.281 e. The Labute approximate surface area is 164 Å². The summed E-state index contributed by atoms with van der Waals surface area (Å²) in [7, 11) is -7.61. The van der Waals surface area contributed by atoms with E-state index in [0.29, 0.717) is 11.1 Å². The minimum absolute atomic E-state index is 0.00299. The van der Waals surface area contributed by atoms with Gasteiger partial charge in [-0.2, -0.15) is 0 Å². The maximum absolute atomic E-state index is 15.0. The number of hydrogen-bond acceptors (Lipinski definition) is 5. The number of hydrogen-bond donors (Lipinski definition) is 4. The first-order valence-corrected chi connectivity index (χ1v) is 11.6. The molecule has 0 aliphatic carbocycles. The van der Waals surface area contributed by atoms with Gasteiger partial charge in [-0.1, -0.05) is 31.2 Å². The summed E-state index contributed by atoms with van der Waals surface area (Å²) in [6, 6.07) is 7.85. The van der Waals surface area contributed by atoms with E-state index in [4.69, 9.17) is 5.14 Å². The maximum atomic E-state index is 15.0. The van der Waals surface area contributed by atoms with Gasteiger partial charge in [-0.05, 0) is 41.7 Å². The van der Waals surface area contributed by atoms with Crippen LogP contribution >= 0.6 is 10.8 Å². The molecule has 1 fully saturated rings. The van der Waals surface area contributed by atoms with Crippen LogP contribution in [0.25, 0.3) is 11.1 Å². The van der Waals surface area contributed by atoms with Crippen molar-refractivity contribution in [1.29, 1.82) is 0 Å². The lowest BCUT2D eigenvalue weighted by molar-refractivity contribution is -0.118. The van der Waals surface area contributed by atoms with E-state index in [0.717, 1.165) is 0 Å². The average Bonchev–Trinajstić information content (AvgIpc) is 2.88. The van der Waals surface area contributed by atoms with Crippen molar-refractivity contribution in [2.24, 2.45) is 5.14 Å². The Morgan fingerprint density at radius 1 is 1.29 bits per heavy atom. The number of primary sulfonamides is 1. The van der Waals surface area contributed by atoms with Crippen LogP contribution in [0.3, 0.4) is 0 Å². The van der Waals surface area contributed by atoms with Gasteiger partial charge in [-0.15, -0.1) is 10.8 Å². The molecule has 1 amide bonds. The lowest BCUT2D eigenvalue weighted by atomic mass is 9.91. The Hall–Kier alpha value is -1.98. The van der Waals surface area contributed by atoms with E-state index in [-0.39, 0.29) is 34.4 Å². The normalized spacial score (nSPS) is 20.1. The number of carbonyl (C=O) groups excluding carboxylic acids is 1. The SMILES string of the molecule is CCc1c(S(N)(=O)=O)cc(-c2ccccc2C2CC(=O)NS2(O)O)c(C)c1F. The summed E-state index contributed by atoms with van der Waals surface area (Å²) in [6.45, 7) is 3.15. The molecule has 1 heterocycles. The van der Waals surface area contributed by atoms with Crippen molar-refractivity contribution in [3.63, 3.8) is 0 Å². The summed E-state index contributed by atoms with van der Waals surface area (Å²) in [4.78, 5) is 11.4. The van der Waals surface area contributed by atoms with Gasteiger partial charge in [0, 0.05) is 5.56 Å². The Bertz CT molecular complexity index is 1070. The number of halogens is 1. The van der Waals surface area contributed by atoms with Crippen molar-refractivity contribution in [3.8, 4) is 11.1 Å². The van der Waals surface area contributed by atoms with Gasteiger partial charge < -0.3 is 0 Å². The molecule has 0 saturated carbocycles. The van der Waals surface area contributed by atoms with E-state index in [1.54, 1.807) is 31.2 Å². The first-order valence-electron chi connectivity index (χ1n) is 8.49. The van der Waals surface area contributed by atoms with Crippen LogP contribution in [-0.2, 0) is 21.2 Å². The summed E-state index contributed by atoms with van der Waals surface area (Å²) in [6.07, 6.45) is -0.00207. The molecule has 0 spiro atoms. The van der Waals surface area contributed by atoms with Gasteiger partial charge in [-0.3, -0.25) is 18.6 Å². The van der Waals surface area contributed by atoms with Crippen LogP contribution in [0.2, 0.25) is 0 Å². The molecule has 28 heavy (non-hydrogen) atoms. The van der Waals surface area contributed by atoms with Gasteiger partial charge in [0.2, 0.25) is 15.9 Å². The van der Waals surface area contributed by atoms with Gasteiger partial charge in [0.15, 0.2) is 0 Å². The van der Waals surface area contributed by atoms with Crippen LogP contribution in [0.15, 0.2) is 35.2 Å². The zero-order chi connectivity index (χ0) is 20.9. The third-order valence-corrected chi connectivity index (χ3v) is 7.58. The van der Waals surface area contributed by atoms with Crippen molar-refractivity contribution in [2.75, 3.05) is 0 Å². The number of nitrogens with two attached hydrogens (primary N) is 1. The monoisotopic (exact) mass is 428 g/mol. The van der Waals surface area contributed by atoms with E-state index in [1.165, 1.54) is 13.0 Å². The predicted octanol–water partition coefficient (Wildman–Crippen LogP) is 3.24. The Balaban J connectivity index is 2.30. The van der Waals surface area contributed by atoms with E-state index in [2.05, 4.69) is 4.72 Å². The van der Waals surface area contributed by atoms with Crippen LogP contribution < -0.4 is 9.86 Å². The van der Waals surface area contributed by atoms with E-state index < -0.39 is 37.8 Å². The van der Waals surface area contributed by atoms with E-state index in [9.17, 15) is 26.7 Å². The van der Waals surface area contributed by atoms with Crippen LogP contribution in [0.4, 0.5) is 4.39 Å². The molecule has 1 unspecified atom stereocenters. The van der Waals surface area contributed by atoms with Gasteiger partial charge in [0.1, 0.15) is 11.1 Å². The molecular formula is C18H21FN2O5S2. The van der Waals surface area contributed by atoms with Crippen molar-refractivity contribution >= 4 is 26.7 Å². The quantitative estimate of drug-likeness (QED) is 0.594. The Morgan fingerprint density at radius 2 is 1.93 bits per heavy atom. The van der Waals surface area contributed by atoms with Gasteiger partial charge in [0.05, 0.1) is 11.3 Å². The zero-order valence-electron chi connectivity index (χ0n) is 15.3. The summed E-state index contributed by atoms with van der Waals surface area (Å²) in [5, 5.41) is 4.37. The molecule has 1 atom stereocenters. The smallest absolute Gasteiger partial charge is 0.240 e. The van der Waals surface area contributed by atoms with Crippen molar-refractivity contribution < 1.29 is 26.7 Å². The second-order valence-electron chi connectivity index (χ2n) is 6.64. The third-order valence-electron chi connectivity index (χ3n) is 4.86. The number of sulfonamides is 1. The third kappa shape index (κ3) is 3.53. The molecule has 0 aromatic heterocycles. The number of benzene rings is 2. The van der Waals surface area contributed by atoms with Crippen LogP contribution in [0.1, 0.15) is 35.3 Å². The first-order chi connectivity index (χ1) is 13.0. The molecule has 10 heteroatoms. The molecule has 152 valence electrons. The highest BCUT2D eigenvalue weighted by Gasteiger charge is 2.39.